The van der Waals surface area contributed by atoms with Crippen LogP contribution < -0.4 is 0 Å². The highest BCUT2D eigenvalue weighted by Gasteiger charge is 2.34. The number of carbonyl (C=O) groups excluding carboxylic acids is 1. The molecule has 0 aliphatic carbocycles. The number of likely N-dealkylation sites (tertiary alicyclic amines) is 1. The lowest BCUT2D eigenvalue weighted by atomic mass is 10.2. The summed E-state index contributed by atoms with van der Waals surface area (Å²) in [4.78, 5) is 22.0. The second kappa shape index (κ2) is 6.68. The zero-order chi connectivity index (χ0) is 16.4. The molecule has 0 bridgehead atoms. The second-order valence-corrected chi connectivity index (χ2v) is 6.13. The number of fused-ring (bicyclic) bond motifs is 1. The van der Waals surface area contributed by atoms with Crippen molar-refractivity contribution < 1.29 is 14.6 Å². The van der Waals surface area contributed by atoms with Gasteiger partial charge in [0.2, 0.25) is 5.91 Å². The van der Waals surface area contributed by atoms with Gasteiger partial charge in [-0.3, -0.25) is 4.79 Å². The van der Waals surface area contributed by atoms with Gasteiger partial charge in [-0.15, -0.1) is 0 Å². The minimum absolute atomic E-state index is 0.0184. The molecule has 0 spiro atoms. The van der Waals surface area contributed by atoms with Gasteiger partial charge in [-0.25, -0.2) is 4.98 Å². The number of para-hydroxylation sites is 1. The number of H-pyrrole nitrogens is 1. The molecule has 3 rings (SSSR count). The summed E-state index contributed by atoms with van der Waals surface area (Å²) >= 11 is 0. The molecule has 1 aliphatic heterocycles. The van der Waals surface area contributed by atoms with Crippen LogP contribution in [0.2, 0.25) is 0 Å². The van der Waals surface area contributed by atoms with Crippen molar-refractivity contribution in [1.82, 2.24) is 14.9 Å². The molecule has 6 nitrogen and oxygen atoms in total. The van der Waals surface area contributed by atoms with Crippen molar-refractivity contribution in [2.24, 2.45) is 0 Å². The van der Waals surface area contributed by atoms with E-state index >= 15 is 0 Å². The van der Waals surface area contributed by atoms with Gasteiger partial charge in [0.25, 0.3) is 0 Å². The van der Waals surface area contributed by atoms with Gasteiger partial charge in [-0.1, -0.05) is 12.1 Å². The zero-order valence-corrected chi connectivity index (χ0v) is 13.6. The van der Waals surface area contributed by atoms with E-state index in [0.29, 0.717) is 25.8 Å². The maximum atomic E-state index is 12.4. The van der Waals surface area contributed by atoms with Crippen LogP contribution in [-0.2, 0) is 16.0 Å². The summed E-state index contributed by atoms with van der Waals surface area (Å²) < 4.78 is 5.32. The monoisotopic (exact) mass is 317 g/mol. The van der Waals surface area contributed by atoms with E-state index in [2.05, 4.69) is 9.97 Å². The van der Waals surface area contributed by atoms with E-state index in [1.54, 1.807) is 12.0 Å². The van der Waals surface area contributed by atoms with Crippen LogP contribution in [-0.4, -0.2) is 58.3 Å². The molecule has 1 saturated heterocycles. The number of carbonyl (C=O) groups is 1. The van der Waals surface area contributed by atoms with E-state index in [4.69, 9.17) is 4.74 Å². The van der Waals surface area contributed by atoms with Gasteiger partial charge in [0.15, 0.2) is 0 Å². The summed E-state index contributed by atoms with van der Waals surface area (Å²) in [5, 5.41) is 9.44. The van der Waals surface area contributed by atoms with Gasteiger partial charge in [0.1, 0.15) is 5.82 Å². The average Bonchev–Trinajstić information content (AvgIpc) is 3.16. The fourth-order valence-electron chi connectivity index (χ4n) is 3.24. The van der Waals surface area contributed by atoms with Gasteiger partial charge in [-0.2, -0.15) is 0 Å². The Morgan fingerprint density at radius 1 is 1.52 bits per heavy atom. The number of nitrogens with zero attached hydrogens (tertiary/aromatic N) is 2. The SMILES string of the molecule is CO[C@@H]1C[C@@H](CO)N(C(=O)CCc2nc3c(C)cccc3[nH]2)C1. The third-order valence-corrected chi connectivity index (χ3v) is 4.58. The number of nitrogens with one attached hydrogen (secondary N) is 1. The van der Waals surface area contributed by atoms with Gasteiger partial charge >= 0.3 is 0 Å². The molecule has 23 heavy (non-hydrogen) atoms. The van der Waals surface area contributed by atoms with Crippen molar-refractivity contribution in [3.05, 3.63) is 29.6 Å². The first-order valence-corrected chi connectivity index (χ1v) is 7.99. The smallest absolute Gasteiger partial charge is 0.223 e. The second-order valence-electron chi connectivity index (χ2n) is 6.13. The minimum Gasteiger partial charge on any atom is -0.394 e. The Morgan fingerprint density at radius 3 is 3.04 bits per heavy atom. The minimum atomic E-state index is -0.134. The number of rotatable bonds is 5. The number of aliphatic hydroxyl groups excluding tert-OH is 1. The predicted octanol–water partition coefficient (Wildman–Crippen LogP) is 1.41. The number of aromatic nitrogens is 2. The summed E-state index contributed by atoms with van der Waals surface area (Å²) in [6.45, 7) is 2.56. The molecule has 2 N–H and O–H groups in total. The summed E-state index contributed by atoms with van der Waals surface area (Å²) in [6.07, 6.45) is 1.66. The van der Waals surface area contributed by atoms with E-state index in [1.807, 2.05) is 25.1 Å². The Bertz CT molecular complexity index is 697. The van der Waals surface area contributed by atoms with Crippen LogP contribution in [0.1, 0.15) is 24.2 Å². The van der Waals surface area contributed by atoms with Crippen molar-refractivity contribution in [1.29, 1.82) is 0 Å². The topological polar surface area (TPSA) is 78.5 Å². The number of aromatic amines is 1. The maximum Gasteiger partial charge on any atom is 0.223 e. The van der Waals surface area contributed by atoms with Crippen LogP contribution in [0.4, 0.5) is 0 Å². The Balaban J connectivity index is 1.65. The van der Waals surface area contributed by atoms with Crippen molar-refractivity contribution in [2.75, 3.05) is 20.3 Å². The van der Waals surface area contributed by atoms with Crippen molar-refractivity contribution >= 4 is 16.9 Å². The van der Waals surface area contributed by atoms with Crippen LogP contribution in [0.25, 0.3) is 11.0 Å². The Kier molecular flexibility index (Phi) is 4.63. The molecule has 2 atom stereocenters. The molecule has 1 amide bonds. The van der Waals surface area contributed by atoms with Crippen LogP contribution in [0.5, 0.6) is 0 Å². The summed E-state index contributed by atoms with van der Waals surface area (Å²) in [7, 11) is 1.64. The van der Waals surface area contributed by atoms with Crippen LogP contribution in [0.15, 0.2) is 18.2 Å². The highest BCUT2D eigenvalue weighted by atomic mass is 16.5. The van der Waals surface area contributed by atoms with Gasteiger partial charge in [-0.05, 0) is 25.0 Å². The first-order chi connectivity index (χ1) is 11.1. The molecule has 124 valence electrons. The molecule has 2 heterocycles. The lowest BCUT2D eigenvalue weighted by Crippen LogP contribution is -2.38. The molecular weight excluding hydrogens is 294 g/mol. The lowest BCUT2D eigenvalue weighted by molar-refractivity contribution is -0.133. The summed E-state index contributed by atoms with van der Waals surface area (Å²) in [5.41, 5.74) is 3.09. The number of hydrogen-bond acceptors (Lipinski definition) is 4. The largest absolute Gasteiger partial charge is 0.394 e. The Hall–Kier alpha value is -1.92. The number of hydrogen-bond donors (Lipinski definition) is 2. The van der Waals surface area contributed by atoms with E-state index in [0.717, 1.165) is 22.4 Å². The number of aliphatic hydroxyl groups is 1. The van der Waals surface area contributed by atoms with E-state index in [1.165, 1.54) is 0 Å². The van der Waals surface area contributed by atoms with Crippen LogP contribution >= 0.6 is 0 Å². The zero-order valence-electron chi connectivity index (χ0n) is 13.6. The van der Waals surface area contributed by atoms with Crippen LogP contribution in [0, 0.1) is 6.92 Å². The molecule has 2 aromatic rings. The van der Waals surface area contributed by atoms with E-state index < -0.39 is 0 Å². The molecule has 1 fully saturated rings. The first kappa shape index (κ1) is 16.0. The average molecular weight is 317 g/mol. The maximum absolute atomic E-state index is 12.4. The molecule has 0 saturated carbocycles. The molecule has 1 aliphatic rings. The number of ether oxygens (including phenoxy) is 1. The summed E-state index contributed by atoms with van der Waals surface area (Å²) in [6, 6.07) is 5.88. The van der Waals surface area contributed by atoms with Crippen molar-refractivity contribution in [3.63, 3.8) is 0 Å². The number of methoxy groups -OCH3 is 1. The lowest BCUT2D eigenvalue weighted by Gasteiger charge is -2.22. The molecule has 0 radical (unpaired) electrons. The highest BCUT2D eigenvalue weighted by Crippen LogP contribution is 2.21. The molecule has 6 heteroatoms. The highest BCUT2D eigenvalue weighted by molar-refractivity contribution is 5.79. The van der Waals surface area contributed by atoms with E-state index in [9.17, 15) is 9.90 Å². The Morgan fingerprint density at radius 2 is 2.35 bits per heavy atom. The van der Waals surface area contributed by atoms with Gasteiger partial charge in [0, 0.05) is 26.5 Å². The number of imidazole rings is 1. The number of amides is 1. The predicted molar refractivity (Wildman–Crippen MR) is 87.2 cm³/mol. The molecular formula is C17H23N3O3. The standard InChI is InChI=1S/C17H23N3O3/c1-11-4-3-5-14-17(11)19-15(18-14)6-7-16(22)20-9-13(23-2)8-12(20)10-21/h3-5,12-13,21H,6-10H2,1-2H3,(H,18,19)/t12-,13+/m0/s1. The normalized spacial score (nSPS) is 21.3. The third kappa shape index (κ3) is 3.23. The summed E-state index contributed by atoms with van der Waals surface area (Å²) in [5.74, 6) is 0.867. The molecule has 0 unspecified atom stereocenters. The quantitative estimate of drug-likeness (QED) is 0.874. The van der Waals surface area contributed by atoms with Gasteiger partial charge < -0.3 is 19.7 Å². The Labute approximate surface area is 135 Å². The number of aryl methyl sites for hydroxylation is 2. The number of benzene rings is 1. The first-order valence-electron chi connectivity index (χ1n) is 7.99. The molecule has 1 aromatic heterocycles. The fourth-order valence-corrected chi connectivity index (χ4v) is 3.24. The third-order valence-electron chi connectivity index (χ3n) is 4.58. The van der Waals surface area contributed by atoms with E-state index in [-0.39, 0.29) is 24.7 Å². The van der Waals surface area contributed by atoms with Crippen LogP contribution in [0.3, 0.4) is 0 Å². The van der Waals surface area contributed by atoms with Gasteiger partial charge in [0.05, 0.1) is 29.8 Å². The van der Waals surface area contributed by atoms with Crippen molar-refractivity contribution in [3.8, 4) is 0 Å². The fraction of sp³-hybridized carbons (Fsp3) is 0.529. The van der Waals surface area contributed by atoms with Crippen molar-refractivity contribution in [2.45, 2.75) is 38.3 Å². The molecule has 1 aromatic carbocycles.